The predicted molar refractivity (Wildman–Crippen MR) is 73.5 cm³/mol. The second-order valence-electron chi connectivity index (χ2n) is 4.43. The molecule has 0 spiro atoms. The fourth-order valence-corrected chi connectivity index (χ4v) is 2.98. The van der Waals surface area contributed by atoms with Gasteiger partial charge in [0.05, 0.1) is 5.56 Å². The van der Waals surface area contributed by atoms with Gasteiger partial charge in [0.25, 0.3) is 5.91 Å². The van der Waals surface area contributed by atoms with E-state index in [2.05, 4.69) is 15.9 Å². The molecule has 1 aliphatic heterocycles. The predicted octanol–water partition coefficient (Wildman–Crippen LogP) is 3.82. The average molecular weight is 335 g/mol. The Morgan fingerprint density at radius 3 is 3.00 bits per heavy atom. The minimum Gasteiger partial charge on any atom is -0.334 e. The molecule has 0 bridgehead atoms. The molecule has 18 heavy (non-hydrogen) atoms. The number of carbonyl (C=O) groups is 1. The van der Waals surface area contributed by atoms with Crippen LogP contribution < -0.4 is 0 Å². The molecule has 2 nitrogen and oxygen atoms in total. The van der Waals surface area contributed by atoms with Crippen LogP contribution in [0.5, 0.6) is 0 Å². The third kappa shape index (κ3) is 2.86. The van der Waals surface area contributed by atoms with E-state index in [4.69, 9.17) is 11.6 Å². The van der Waals surface area contributed by atoms with Gasteiger partial charge >= 0.3 is 0 Å². The van der Waals surface area contributed by atoms with Crippen molar-refractivity contribution in [3.63, 3.8) is 0 Å². The zero-order valence-corrected chi connectivity index (χ0v) is 12.2. The van der Waals surface area contributed by atoms with Gasteiger partial charge in [0.15, 0.2) is 0 Å². The summed E-state index contributed by atoms with van der Waals surface area (Å²) < 4.78 is 13.9. The lowest BCUT2D eigenvalue weighted by molar-refractivity contribution is 0.0637. The molecule has 1 fully saturated rings. The number of halogens is 3. The van der Waals surface area contributed by atoms with Crippen molar-refractivity contribution in [1.29, 1.82) is 0 Å². The third-order valence-corrected chi connectivity index (χ3v) is 4.27. The fourth-order valence-electron chi connectivity index (χ4n) is 2.24. The van der Waals surface area contributed by atoms with E-state index in [0.29, 0.717) is 22.5 Å². The highest BCUT2D eigenvalue weighted by Gasteiger charge is 2.27. The lowest BCUT2D eigenvalue weighted by Gasteiger charge is -2.34. The SMILES string of the molecule is O=C(c1cc(F)ccc1Br)N1CCCCC1CCl. The van der Waals surface area contributed by atoms with Crippen LogP contribution in [0.15, 0.2) is 22.7 Å². The Kier molecular flexibility index (Phi) is 4.62. The second kappa shape index (κ2) is 6.02. The van der Waals surface area contributed by atoms with Gasteiger partial charge in [-0.1, -0.05) is 0 Å². The largest absolute Gasteiger partial charge is 0.334 e. The molecule has 5 heteroatoms. The molecule has 0 N–H and O–H groups in total. The van der Waals surface area contributed by atoms with Crippen LogP contribution in [0.3, 0.4) is 0 Å². The Morgan fingerprint density at radius 2 is 2.28 bits per heavy atom. The Hall–Kier alpha value is -0.610. The zero-order valence-electron chi connectivity index (χ0n) is 9.83. The van der Waals surface area contributed by atoms with Crippen molar-refractivity contribution in [3.05, 3.63) is 34.1 Å². The molecule has 1 aromatic carbocycles. The number of amides is 1. The molecular formula is C13H14BrClFNO. The Bertz CT molecular complexity index is 455. The zero-order chi connectivity index (χ0) is 13.1. The van der Waals surface area contributed by atoms with Gasteiger partial charge in [-0.05, 0) is 53.4 Å². The van der Waals surface area contributed by atoms with Crippen molar-refractivity contribution in [2.75, 3.05) is 12.4 Å². The van der Waals surface area contributed by atoms with Gasteiger partial charge in [-0.15, -0.1) is 11.6 Å². The molecular weight excluding hydrogens is 321 g/mol. The third-order valence-electron chi connectivity index (χ3n) is 3.22. The highest BCUT2D eigenvalue weighted by atomic mass is 79.9. The number of likely N-dealkylation sites (tertiary alicyclic amines) is 1. The van der Waals surface area contributed by atoms with E-state index < -0.39 is 5.82 Å². The van der Waals surface area contributed by atoms with Crippen molar-refractivity contribution in [1.82, 2.24) is 4.90 Å². The standard InChI is InChI=1S/C13H14BrClFNO/c14-12-5-4-9(16)7-11(12)13(18)17-6-2-1-3-10(17)8-15/h4-5,7,10H,1-3,6,8H2. The van der Waals surface area contributed by atoms with Crippen molar-refractivity contribution < 1.29 is 9.18 Å². The van der Waals surface area contributed by atoms with Crippen LogP contribution in [-0.4, -0.2) is 29.3 Å². The molecule has 2 rings (SSSR count). The number of alkyl halides is 1. The van der Waals surface area contributed by atoms with E-state index in [1.54, 1.807) is 11.0 Å². The molecule has 1 atom stereocenters. The monoisotopic (exact) mass is 333 g/mol. The lowest BCUT2D eigenvalue weighted by Crippen LogP contribution is -2.44. The van der Waals surface area contributed by atoms with E-state index in [1.807, 2.05) is 0 Å². The van der Waals surface area contributed by atoms with Crippen molar-refractivity contribution in [2.45, 2.75) is 25.3 Å². The van der Waals surface area contributed by atoms with Crippen LogP contribution in [0.2, 0.25) is 0 Å². The van der Waals surface area contributed by atoms with Crippen LogP contribution >= 0.6 is 27.5 Å². The van der Waals surface area contributed by atoms with Crippen molar-refractivity contribution in [3.8, 4) is 0 Å². The van der Waals surface area contributed by atoms with Gasteiger partial charge in [-0.2, -0.15) is 0 Å². The number of rotatable bonds is 2. The highest BCUT2D eigenvalue weighted by molar-refractivity contribution is 9.10. The Labute approximate surface area is 119 Å². The number of hydrogen-bond acceptors (Lipinski definition) is 1. The molecule has 0 aliphatic carbocycles. The molecule has 1 aromatic rings. The fraction of sp³-hybridized carbons (Fsp3) is 0.462. The summed E-state index contributed by atoms with van der Waals surface area (Å²) in [5, 5.41) is 0. The summed E-state index contributed by atoms with van der Waals surface area (Å²) in [5.74, 6) is -0.119. The summed E-state index contributed by atoms with van der Waals surface area (Å²) in [5.41, 5.74) is 0.368. The quantitative estimate of drug-likeness (QED) is 0.753. The number of piperidine rings is 1. The summed E-state index contributed by atoms with van der Waals surface area (Å²) in [7, 11) is 0. The first-order chi connectivity index (χ1) is 8.63. The summed E-state index contributed by atoms with van der Waals surface area (Å²) in [4.78, 5) is 14.2. The first kappa shape index (κ1) is 13.8. The first-order valence-corrected chi connectivity index (χ1v) is 7.28. The maximum Gasteiger partial charge on any atom is 0.255 e. The summed E-state index contributed by atoms with van der Waals surface area (Å²) in [6.45, 7) is 0.694. The van der Waals surface area contributed by atoms with Gasteiger partial charge < -0.3 is 4.90 Å². The number of benzene rings is 1. The minimum absolute atomic E-state index is 0.0584. The summed E-state index contributed by atoms with van der Waals surface area (Å²) in [6, 6.07) is 4.22. The van der Waals surface area contributed by atoms with Crippen LogP contribution in [0.1, 0.15) is 29.6 Å². The number of hydrogen-bond donors (Lipinski definition) is 0. The van der Waals surface area contributed by atoms with E-state index in [1.165, 1.54) is 12.1 Å². The second-order valence-corrected chi connectivity index (χ2v) is 5.59. The first-order valence-electron chi connectivity index (χ1n) is 5.95. The van der Waals surface area contributed by atoms with Gasteiger partial charge in [-0.25, -0.2) is 4.39 Å². The van der Waals surface area contributed by atoms with Crippen molar-refractivity contribution in [2.24, 2.45) is 0 Å². The molecule has 1 unspecified atom stereocenters. The molecule has 1 amide bonds. The molecule has 1 saturated heterocycles. The summed E-state index contributed by atoms with van der Waals surface area (Å²) >= 11 is 9.19. The minimum atomic E-state index is -0.402. The van der Waals surface area contributed by atoms with Crippen molar-refractivity contribution >= 4 is 33.4 Å². The molecule has 1 heterocycles. The number of carbonyl (C=O) groups excluding carboxylic acids is 1. The molecule has 0 saturated carbocycles. The van der Waals surface area contributed by atoms with E-state index in [9.17, 15) is 9.18 Å². The van der Waals surface area contributed by atoms with E-state index in [0.717, 1.165) is 19.3 Å². The van der Waals surface area contributed by atoms with Gasteiger partial charge in [-0.3, -0.25) is 4.79 Å². The normalized spacial score (nSPS) is 19.9. The van der Waals surface area contributed by atoms with Crippen LogP contribution in [0.25, 0.3) is 0 Å². The van der Waals surface area contributed by atoms with Crippen LogP contribution in [0.4, 0.5) is 4.39 Å². The summed E-state index contributed by atoms with van der Waals surface area (Å²) in [6.07, 6.45) is 2.99. The van der Waals surface area contributed by atoms with E-state index in [-0.39, 0.29) is 11.9 Å². The molecule has 0 aromatic heterocycles. The Balaban J connectivity index is 2.26. The lowest BCUT2D eigenvalue weighted by atomic mass is 10.0. The van der Waals surface area contributed by atoms with Gasteiger partial charge in [0.2, 0.25) is 0 Å². The molecule has 1 aliphatic rings. The smallest absolute Gasteiger partial charge is 0.255 e. The maximum absolute atomic E-state index is 13.2. The highest BCUT2D eigenvalue weighted by Crippen LogP contribution is 2.24. The van der Waals surface area contributed by atoms with Crippen LogP contribution in [0, 0.1) is 5.82 Å². The van der Waals surface area contributed by atoms with E-state index >= 15 is 0 Å². The maximum atomic E-state index is 13.2. The number of nitrogens with zero attached hydrogens (tertiary/aromatic N) is 1. The Morgan fingerprint density at radius 1 is 1.50 bits per heavy atom. The van der Waals surface area contributed by atoms with Crippen LogP contribution in [-0.2, 0) is 0 Å². The van der Waals surface area contributed by atoms with Gasteiger partial charge in [0.1, 0.15) is 5.82 Å². The van der Waals surface area contributed by atoms with Gasteiger partial charge in [0, 0.05) is 22.9 Å². The topological polar surface area (TPSA) is 20.3 Å². The molecule has 0 radical (unpaired) electrons. The average Bonchev–Trinajstić information content (AvgIpc) is 2.40. The molecule has 98 valence electrons.